The van der Waals surface area contributed by atoms with Crippen molar-refractivity contribution in [1.82, 2.24) is 23.5 Å². The molecule has 0 amide bonds. The van der Waals surface area contributed by atoms with Crippen LogP contribution in [0.25, 0.3) is 38.5 Å². The maximum atomic E-state index is 12.5. The Kier molecular flexibility index (Phi) is 7.23. The van der Waals surface area contributed by atoms with Gasteiger partial charge in [-0.15, -0.1) is 0 Å². The van der Waals surface area contributed by atoms with Crippen LogP contribution in [0.2, 0.25) is 0 Å². The second-order valence-corrected chi connectivity index (χ2v) is 10.6. The van der Waals surface area contributed by atoms with E-state index in [4.69, 9.17) is 23.7 Å². The highest BCUT2D eigenvalue weighted by molar-refractivity contribution is 6.25. The quantitative estimate of drug-likeness (QED) is 0.206. The molecule has 0 radical (unpaired) electrons. The molecule has 5 aromatic heterocycles. The molecule has 0 bridgehead atoms. The highest BCUT2D eigenvalue weighted by Gasteiger charge is 2.53. The molecular formula is C29H29N5O11. The molecule has 16 nitrogen and oxygen atoms in total. The van der Waals surface area contributed by atoms with Crippen LogP contribution in [0.1, 0.15) is 33.9 Å². The Morgan fingerprint density at radius 1 is 0.822 bits per heavy atom. The van der Waals surface area contributed by atoms with Gasteiger partial charge in [-0.05, 0) is 12.1 Å². The normalized spacial score (nSPS) is 21.8. The van der Waals surface area contributed by atoms with Crippen molar-refractivity contribution in [2.45, 2.75) is 58.3 Å². The summed E-state index contributed by atoms with van der Waals surface area (Å²) in [6.45, 7) is 4.19. The van der Waals surface area contributed by atoms with E-state index in [-0.39, 0.29) is 28.3 Å². The van der Waals surface area contributed by atoms with E-state index in [9.17, 15) is 29.4 Å². The number of aromatic nitrogens is 5. The molecule has 0 unspecified atom stereocenters. The maximum absolute atomic E-state index is 12.5. The molecule has 236 valence electrons. The van der Waals surface area contributed by atoms with Gasteiger partial charge in [0.05, 0.1) is 10.9 Å². The summed E-state index contributed by atoms with van der Waals surface area (Å²) in [5, 5.41) is 23.5. The predicted molar refractivity (Wildman–Crippen MR) is 153 cm³/mol. The van der Waals surface area contributed by atoms with E-state index >= 15 is 0 Å². The molecular weight excluding hydrogens is 594 g/mol. The summed E-state index contributed by atoms with van der Waals surface area (Å²) in [7, 11) is 1.50. The minimum Gasteiger partial charge on any atom is -0.494 e. The van der Waals surface area contributed by atoms with E-state index in [0.717, 1.165) is 20.8 Å². The fourth-order valence-electron chi connectivity index (χ4n) is 6.03. The third-order valence-corrected chi connectivity index (χ3v) is 7.63. The number of fused-ring (bicyclic) bond motifs is 8. The first-order valence-corrected chi connectivity index (χ1v) is 13.8. The van der Waals surface area contributed by atoms with Gasteiger partial charge in [-0.2, -0.15) is 0 Å². The van der Waals surface area contributed by atoms with Crippen LogP contribution >= 0.6 is 0 Å². The van der Waals surface area contributed by atoms with Crippen LogP contribution in [0, 0.1) is 0 Å². The third-order valence-electron chi connectivity index (χ3n) is 7.63. The molecule has 2 N–H and O–H groups in total. The van der Waals surface area contributed by atoms with Crippen LogP contribution in [0.5, 0.6) is 11.8 Å². The van der Waals surface area contributed by atoms with Gasteiger partial charge in [0.15, 0.2) is 30.2 Å². The lowest BCUT2D eigenvalue weighted by atomic mass is 9.97. The highest BCUT2D eigenvalue weighted by Crippen LogP contribution is 2.47. The first kappa shape index (κ1) is 29.7. The van der Waals surface area contributed by atoms with Crippen molar-refractivity contribution >= 4 is 62.4 Å². The average molecular weight is 624 g/mol. The molecule has 1 aliphatic rings. The maximum Gasteiger partial charge on any atom is 0.303 e. The van der Waals surface area contributed by atoms with E-state index in [1.54, 1.807) is 27.3 Å². The molecule has 1 fully saturated rings. The molecule has 5 atom stereocenters. The molecule has 0 aliphatic carbocycles. The monoisotopic (exact) mass is 623 g/mol. The Hall–Kier alpha value is -5.38. The molecule has 0 saturated carbocycles. The van der Waals surface area contributed by atoms with E-state index in [0.29, 0.717) is 21.9 Å². The Bertz CT molecular complexity index is 2030. The van der Waals surface area contributed by atoms with E-state index in [2.05, 4.69) is 9.97 Å². The fourth-order valence-corrected chi connectivity index (χ4v) is 6.03. The summed E-state index contributed by atoms with van der Waals surface area (Å²) < 4.78 is 33.0. The number of hydrogen-bond donors (Lipinski definition) is 2. The molecule has 0 aromatic carbocycles. The first-order valence-electron chi connectivity index (χ1n) is 13.8. The largest absolute Gasteiger partial charge is 0.494 e. The van der Waals surface area contributed by atoms with Crippen LogP contribution < -0.4 is 0 Å². The van der Waals surface area contributed by atoms with Gasteiger partial charge in [0.1, 0.15) is 23.9 Å². The summed E-state index contributed by atoms with van der Waals surface area (Å²) in [5.74, 6) is -3.41. The van der Waals surface area contributed by atoms with Crippen molar-refractivity contribution in [2.75, 3.05) is 6.61 Å². The van der Waals surface area contributed by atoms with Gasteiger partial charge in [-0.3, -0.25) is 32.7 Å². The number of carbonyl (C=O) groups excluding carboxylic acids is 4. The molecule has 6 heterocycles. The van der Waals surface area contributed by atoms with Gasteiger partial charge >= 0.3 is 23.9 Å². The van der Waals surface area contributed by atoms with E-state index in [1.807, 2.05) is 0 Å². The minimum atomic E-state index is -1.44. The van der Waals surface area contributed by atoms with Crippen molar-refractivity contribution in [3.8, 4) is 11.8 Å². The van der Waals surface area contributed by atoms with Crippen LogP contribution in [-0.4, -0.2) is 88.6 Å². The zero-order chi connectivity index (χ0) is 32.3. The number of nitrogens with zero attached hydrogens (tertiary/aromatic N) is 5. The third kappa shape index (κ3) is 4.73. The van der Waals surface area contributed by atoms with Gasteiger partial charge in [0.2, 0.25) is 11.8 Å². The summed E-state index contributed by atoms with van der Waals surface area (Å²) in [6, 6.07) is 3.43. The van der Waals surface area contributed by atoms with Gasteiger partial charge in [-0.1, -0.05) is 0 Å². The molecule has 5 aromatic rings. The number of aromatic hydroxyl groups is 2. The molecule has 1 saturated heterocycles. The van der Waals surface area contributed by atoms with E-state index in [1.165, 1.54) is 30.9 Å². The second-order valence-electron chi connectivity index (χ2n) is 10.6. The summed E-state index contributed by atoms with van der Waals surface area (Å²) in [4.78, 5) is 58.1. The molecule has 16 heteroatoms. The first-order chi connectivity index (χ1) is 21.4. The number of carbonyl (C=O) groups is 4. The zero-order valence-corrected chi connectivity index (χ0v) is 24.8. The number of rotatable bonds is 6. The summed E-state index contributed by atoms with van der Waals surface area (Å²) >= 11 is 0. The molecule has 6 rings (SSSR count). The lowest BCUT2D eigenvalue weighted by Gasteiger charge is -2.44. The van der Waals surface area contributed by atoms with Crippen molar-refractivity contribution in [2.24, 2.45) is 7.05 Å². The van der Waals surface area contributed by atoms with Crippen LogP contribution in [-0.2, 0) is 49.9 Å². The van der Waals surface area contributed by atoms with E-state index < -0.39 is 61.1 Å². The molecule has 0 spiro atoms. The van der Waals surface area contributed by atoms with Crippen molar-refractivity contribution < 1.29 is 53.1 Å². The number of pyridine rings is 2. The van der Waals surface area contributed by atoms with Gasteiger partial charge in [0, 0.05) is 64.1 Å². The molecule has 45 heavy (non-hydrogen) atoms. The van der Waals surface area contributed by atoms with Gasteiger partial charge in [-0.25, -0.2) is 9.97 Å². The second kappa shape index (κ2) is 11.0. The lowest BCUT2D eigenvalue weighted by Crippen LogP contribution is -2.60. The Morgan fingerprint density at radius 3 is 2.13 bits per heavy atom. The highest BCUT2D eigenvalue weighted by atomic mass is 16.7. The number of esters is 4. The zero-order valence-electron chi connectivity index (χ0n) is 24.8. The Morgan fingerprint density at radius 2 is 1.47 bits per heavy atom. The van der Waals surface area contributed by atoms with Crippen molar-refractivity contribution in [3.63, 3.8) is 0 Å². The Labute approximate surface area is 253 Å². The van der Waals surface area contributed by atoms with Crippen LogP contribution in [0.15, 0.2) is 30.7 Å². The van der Waals surface area contributed by atoms with Crippen LogP contribution in [0.3, 0.4) is 0 Å². The lowest BCUT2D eigenvalue weighted by molar-refractivity contribution is -0.267. The SMILES string of the molecule is CC(=O)OC[C@H]1O[C@@H](n2c3ncccc3c3c4c(O)n(C)c(O)c4n4ccnc4c32)[C@H](OC(C)=O)[C@@H](OC(C)=O)[C@@H]1OC(C)=O. The van der Waals surface area contributed by atoms with Gasteiger partial charge in [0.25, 0.3) is 0 Å². The van der Waals surface area contributed by atoms with Crippen LogP contribution in [0.4, 0.5) is 0 Å². The fraction of sp³-hybridized carbons (Fsp3) is 0.379. The molecule has 1 aliphatic heterocycles. The van der Waals surface area contributed by atoms with Crippen molar-refractivity contribution in [1.29, 1.82) is 0 Å². The van der Waals surface area contributed by atoms with Gasteiger partial charge < -0.3 is 33.9 Å². The van der Waals surface area contributed by atoms with Crippen molar-refractivity contribution in [3.05, 3.63) is 30.7 Å². The smallest absolute Gasteiger partial charge is 0.303 e. The number of ether oxygens (including phenoxy) is 5. The average Bonchev–Trinajstić information content (AvgIpc) is 3.64. The summed E-state index contributed by atoms with van der Waals surface area (Å²) in [6.07, 6.45) is -2.18. The number of imidazole rings is 1. The predicted octanol–water partition coefficient (Wildman–Crippen LogP) is 2.00. The topological polar surface area (TPSA) is 195 Å². The standard InChI is InChI=1S/C29H29N5O11/c1-12(35)41-11-17-22(42-13(2)36)23(43-14(3)37)24(44-15(4)38)29(45-17)34-20-18(16-7-6-8-30-25(16)34)19-21(28(40)32(5)27(19)39)33-10-9-31-26(20)33/h6-10,17,22-24,29,39-40H,11H2,1-5H3/t17-,22-,23+,24-,29-/m1/s1. The minimum absolute atomic E-state index is 0.218. The summed E-state index contributed by atoms with van der Waals surface area (Å²) in [5.41, 5.74) is 1.22. The Balaban J connectivity index is 1.71. The number of hydrogen-bond acceptors (Lipinski definition) is 13.